The first-order valence-corrected chi connectivity index (χ1v) is 7.19. The lowest BCUT2D eigenvalue weighted by Crippen LogP contribution is -2.18. The highest BCUT2D eigenvalue weighted by Gasteiger charge is 2.15. The molecular weight excluding hydrogens is 314 g/mol. The molecule has 0 radical (unpaired) electrons. The van der Waals surface area contributed by atoms with Gasteiger partial charge in [-0.2, -0.15) is 0 Å². The van der Waals surface area contributed by atoms with E-state index in [-0.39, 0.29) is 6.04 Å². The van der Waals surface area contributed by atoms with Crippen LogP contribution in [0.3, 0.4) is 0 Å². The summed E-state index contributed by atoms with van der Waals surface area (Å²) in [5, 5.41) is 5.73. The molecule has 20 heavy (non-hydrogen) atoms. The molecule has 1 N–H and O–H groups in total. The maximum absolute atomic E-state index is 4.26. The fourth-order valence-corrected chi connectivity index (χ4v) is 2.87. The normalized spacial score (nSPS) is 12.5. The Bertz CT molecular complexity index is 737. The lowest BCUT2D eigenvalue weighted by molar-refractivity contribution is 0.693. The molecule has 0 aliphatic heterocycles. The monoisotopic (exact) mass is 327 g/mol. The lowest BCUT2D eigenvalue weighted by Gasteiger charge is -2.19. The van der Waals surface area contributed by atoms with Crippen LogP contribution in [-0.2, 0) is 0 Å². The highest BCUT2D eigenvalue weighted by Crippen LogP contribution is 2.29. The van der Waals surface area contributed by atoms with Gasteiger partial charge in [0.1, 0.15) is 0 Å². The number of benzene rings is 1. The third-order valence-corrected chi connectivity index (χ3v) is 3.81. The van der Waals surface area contributed by atoms with E-state index >= 15 is 0 Å². The lowest BCUT2D eigenvalue weighted by atomic mass is 9.95. The van der Waals surface area contributed by atoms with Crippen molar-refractivity contribution < 1.29 is 0 Å². The van der Waals surface area contributed by atoms with Gasteiger partial charge in [0.05, 0.1) is 6.04 Å². The molecule has 0 aliphatic rings. The molecule has 0 fully saturated rings. The molecule has 100 valence electrons. The Morgan fingerprint density at radius 3 is 2.80 bits per heavy atom. The summed E-state index contributed by atoms with van der Waals surface area (Å²) in [6, 6.07) is 10.5. The molecule has 1 atom stereocenters. The first-order valence-electron chi connectivity index (χ1n) is 6.40. The third-order valence-electron chi connectivity index (χ3n) is 3.37. The summed E-state index contributed by atoms with van der Waals surface area (Å²) in [5.74, 6) is 0. The summed E-state index contributed by atoms with van der Waals surface area (Å²) in [6.45, 7) is 0. The molecule has 3 nitrogen and oxygen atoms in total. The summed E-state index contributed by atoms with van der Waals surface area (Å²) in [7, 11) is 1.96. The zero-order chi connectivity index (χ0) is 13.9. The van der Waals surface area contributed by atoms with E-state index in [4.69, 9.17) is 0 Å². The van der Waals surface area contributed by atoms with E-state index in [1.807, 2.05) is 25.6 Å². The van der Waals surface area contributed by atoms with Crippen LogP contribution < -0.4 is 5.32 Å². The molecule has 0 amide bonds. The molecule has 0 spiro atoms. The van der Waals surface area contributed by atoms with Crippen molar-refractivity contribution in [2.45, 2.75) is 6.04 Å². The highest BCUT2D eigenvalue weighted by molar-refractivity contribution is 9.10. The number of hydrogen-bond donors (Lipinski definition) is 1. The highest BCUT2D eigenvalue weighted by atomic mass is 79.9. The van der Waals surface area contributed by atoms with E-state index in [0.717, 1.165) is 15.4 Å². The standard InChI is InChI=1S/C16H14BrN3/c1-18-16(12-7-13(17)10-20-9-12)15-4-2-3-11-8-19-6-5-14(11)15/h2-10,16,18H,1H3. The zero-order valence-corrected chi connectivity index (χ0v) is 12.6. The average Bonchev–Trinajstić information content (AvgIpc) is 2.48. The molecule has 0 bridgehead atoms. The Hall–Kier alpha value is -1.78. The van der Waals surface area contributed by atoms with Crippen LogP contribution in [0.1, 0.15) is 17.2 Å². The summed E-state index contributed by atoms with van der Waals surface area (Å²) < 4.78 is 0.983. The maximum Gasteiger partial charge on any atom is 0.0596 e. The summed E-state index contributed by atoms with van der Waals surface area (Å²) in [6.07, 6.45) is 7.41. The summed E-state index contributed by atoms with van der Waals surface area (Å²) in [4.78, 5) is 8.45. The summed E-state index contributed by atoms with van der Waals surface area (Å²) >= 11 is 3.48. The first-order chi connectivity index (χ1) is 9.79. The average molecular weight is 328 g/mol. The molecule has 2 aromatic heterocycles. The maximum atomic E-state index is 4.26. The van der Waals surface area contributed by atoms with Crippen molar-refractivity contribution in [3.8, 4) is 0 Å². The van der Waals surface area contributed by atoms with Crippen molar-refractivity contribution in [3.05, 3.63) is 70.7 Å². The van der Waals surface area contributed by atoms with Crippen LogP contribution in [0.4, 0.5) is 0 Å². The molecule has 0 saturated heterocycles. The second-order valence-electron chi connectivity index (χ2n) is 4.60. The van der Waals surface area contributed by atoms with Crippen molar-refractivity contribution >= 4 is 26.7 Å². The molecular formula is C16H14BrN3. The fraction of sp³-hybridized carbons (Fsp3) is 0.125. The third kappa shape index (κ3) is 2.44. The Morgan fingerprint density at radius 2 is 2.00 bits per heavy atom. The van der Waals surface area contributed by atoms with E-state index in [0.29, 0.717) is 0 Å². The van der Waals surface area contributed by atoms with Crippen LogP contribution >= 0.6 is 15.9 Å². The Balaban J connectivity index is 2.17. The fourth-order valence-electron chi connectivity index (χ4n) is 2.49. The Morgan fingerprint density at radius 1 is 1.10 bits per heavy atom. The van der Waals surface area contributed by atoms with E-state index in [1.54, 1.807) is 6.20 Å². The minimum Gasteiger partial charge on any atom is -0.309 e. The van der Waals surface area contributed by atoms with Crippen LogP contribution in [0.25, 0.3) is 10.8 Å². The number of pyridine rings is 2. The predicted octanol–water partition coefficient (Wildman–Crippen LogP) is 3.70. The Labute approximate surface area is 126 Å². The van der Waals surface area contributed by atoms with Gasteiger partial charge in [0.15, 0.2) is 0 Å². The number of nitrogens with one attached hydrogen (secondary N) is 1. The topological polar surface area (TPSA) is 37.8 Å². The molecule has 3 aromatic rings. The quantitative estimate of drug-likeness (QED) is 0.797. The van der Waals surface area contributed by atoms with Crippen LogP contribution in [0.15, 0.2) is 59.6 Å². The van der Waals surface area contributed by atoms with Gasteiger partial charge < -0.3 is 5.32 Å². The minimum absolute atomic E-state index is 0.103. The Kier molecular flexibility index (Phi) is 3.76. The number of fused-ring (bicyclic) bond motifs is 1. The molecule has 1 aromatic carbocycles. The molecule has 4 heteroatoms. The van der Waals surface area contributed by atoms with Gasteiger partial charge >= 0.3 is 0 Å². The molecule has 0 saturated carbocycles. The molecule has 2 heterocycles. The van der Waals surface area contributed by atoms with Crippen molar-refractivity contribution in [1.29, 1.82) is 0 Å². The number of hydrogen-bond acceptors (Lipinski definition) is 3. The minimum atomic E-state index is 0.103. The number of aromatic nitrogens is 2. The van der Waals surface area contributed by atoms with E-state index in [1.165, 1.54) is 10.9 Å². The SMILES string of the molecule is CNC(c1cncc(Br)c1)c1cccc2cnccc12. The number of rotatable bonds is 3. The number of nitrogens with zero attached hydrogens (tertiary/aromatic N) is 2. The van der Waals surface area contributed by atoms with Gasteiger partial charge in [-0.05, 0) is 51.6 Å². The van der Waals surface area contributed by atoms with Crippen molar-refractivity contribution in [2.75, 3.05) is 7.05 Å². The predicted molar refractivity (Wildman–Crippen MR) is 84.6 cm³/mol. The van der Waals surface area contributed by atoms with Gasteiger partial charge in [-0.3, -0.25) is 9.97 Å². The van der Waals surface area contributed by atoms with Gasteiger partial charge in [-0.1, -0.05) is 18.2 Å². The van der Waals surface area contributed by atoms with E-state index in [9.17, 15) is 0 Å². The van der Waals surface area contributed by atoms with Crippen molar-refractivity contribution in [2.24, 2.45) is 0 Å². The van der Waals surface area contributed by atoms with Gasteiger partial charge in [0.2, 0.25) is 0 Å². The van der Waals surface area contributed by atoms with E-state index < -0.39 is 0 Å². The molecule has 0 aliphatic carbocycles. The zero-order valence-electron chi connectivity index (χ0n) is 11.0. The van der Waals surface area contributed by atoms with Crippen molar-refractivity contribution in [1.82, 2.24) is 15.3 Å². The smallest absolute Gasteiger partial charge is 0.0596 e. The van der Waals surface area contributed by atoms with Crippen molar-refractivity contribution in [3.63, 3.8) is 0 Å². The largest absolute Gasteiger partial charge is 0.309 e. The first kappa shape index (κ1) is 13.2. The van der Waals surface area contributed by atoms with Gasteiger partial charge in [-0.15, -0.1) is 0 Å². The summed E-state index contributed by atoms with van der Waals surface area (Å²) in [5.41, 5.74) is 2.36. The number of halogens is 1. The van der Waals surface area contributed by atoms with E-state index in [2.05, 4.69) is 61.5 Å². The van der Waals surface area contributed by atoms with Crippen LogP contribution in [0, 0.1) is 0 Å². The second kappa shape index (κ2) is 5.69. The second-order valence-corrected chi connectivity index (χ2v) is 5.52. The van der Waals surface area contributed by atoms with Crippen LogP contribution in [0.2, 0.25) is 0 Å². The van der Waals surface area contributed by atoms with Crippen LogP contribution in [0.5, 0.6) is 0 Å². The van der Waals surface area contributed by atoms with Gasteiger partial charge in [-0.25, -0.2) is 0 Å². The molecule has 3 rings (SSSR count). The van der Waals surface area contributed by atoms with Crippen LogP contribution in [-0.4, -0.2) is 17.0 Å². The van der Waals surface area contributed by atoms with Gasteiger partial charge in [0, 0.05) is 34.6 Å². The molecule has 1 unspecified atom stereocenters. The van der Waals surface area contributed by atoms with Gasteiger partial charge in [0.25, 0.3) is 0 Å².